The van der Waals surface area contributed by atoms with E-state index in [1.165, 1.54) is 12.1 Å². The van der Waals surface area contributed by atoms with E-state index in [-0.39, 0.29) is 11.5 Å². The molecule has 1 aromatic carbocycles. The molecule has 20 heavy (non-hydrogen) atoms. The van der Waals surface area contributed by atoms with Gasteiger partial charge in [0.1, 0.15) is 11.6 Å². The van der Waals surface area contributed by atoms with Crippen LogP contribution in [0.1, 0.15) is 44.7 Å². The number of rotatable bonds is 3. The molecule has 4 atom stereocenters. The van der Waals surface area contributed by atoms with Gasteiger partial charge < -0.3 is 0 Å². The summed E-state index contributed by atoms with van der Waals surface area (Å²) in [6.45, 7) is 4.42. The summed E-state index contributed by atoms with van der Waals surface area (Å²) in [6, 6.07) is 2.10. The van der Waals surface area contributed by atoms with E-state index >= 15 is 0 Å². The van der Waals surface area contributed by atoms with Gasteiger partial charge in [-0.1, -0.05) is 36.2 Å². The number of hydrogen-bond acceptors (Lipinski definition) is 2. The van der Waals surface area contributed by atoms with E-state index in [1.54, 1.807) is 0 Å². The number of nitrogens with two attached hydrogens (primary N) is 1. The lowest BCUT2D eigenvalue weighted by Gasteiger charge is -2.36. The zero-order valence-corrected chi connectivity index (χ0v) is 13.4. The highest BCUT2D eigenvalue weighted by atomic mass is 79.9. The van der Waals surface area contributed by atoms with E-state index in [0.717, 1.165) is 19.3 Å². The van der Waals surface area contributed by atoms with Crippen molar-refractivity contribution >= 4 is 15.9 Å². The van der Waals surface area contributed by atoms with E-state index < -0.39 is 17.7 Å². The molecule has 0 aromatic heterocycles. The first-order chi connectivity index (χ1) is 9.43. The van der Waals surface area contributed by atoms with Crippen molar-refractivity contribution in [2.75, 3.05) is 0 Å². The fraction of sp³-hybridized carbons (Fsp3) is 0.600. The summed E-state index contributed by atoms with van der Waals surface area (Å²) in [5.74, 6) is 5.86. The topological polar surface area (TPSA) is 38.0 Å². The van der Waals surface area contributed by atoms with Crippen LogP contribution in [0, 0.1) is 29.4 Å². The summed E-state index contributed by atoms with van der Waals surface area (Å²) >= 11 is 3.10. The Hall–Kier alpha value is -0.520. The first-order valence-corrected chi connectivity index (χ1v) is 7.84. The molecule has 4 unspecified atom stereocenters. The lowest BCUT2D eigenvalue weighted by Crippen LogP contribution is -2.38. The lowest BCUT2D eigenvalue weighted by molar-refractivity contribution is 0.167. The van der Waals surface area contributed by atoms with Crippen molar-refractivity contribution in [3.63, 3.8) is 0 Å². The molecule has 112 valence electrons. The van der Waals surface area contributed by atoms with Crippen LogP contribution in [0.25, 0.3) is 0 Å². The van der Waals surface area contributed by atoms with Crippen molar-refractivity contribution in [2.24, 2.45) is 23.6 Å². The van der Waals surface area contributed by atoms with Crippen LogP contribution in [-0.2, 0) is 0 Å². The fourth-order valence-corrected chi connectivity index (χ4v) is 3.60. The van der Waals surface area contributed by atoms with Crippen LogP contribution >= 0.6 is 15.9 Å². The normalized spacial score (nSPS) is 28.4. The average molecular weight is 347 g/mol. The Morgan fingerprint density at radius 1 is 1.20 bits per heavy atom. The highest BCUT2D eigenvalue weighted by Gasteiger charge is 2.33. The lowest BCUT2D eigenvalue weighted by atomic mass is 9.72. The minimum Gasteiger partial charge on any atom is -0.271 e. The Balaban J connectivity index is 2.29. The summed E-state index contributed by atoms with van der Waals surface area (Å²) in [4.78, 5) is 0. The molecule has 3 N–H and O–H groups in total. The van der Waals surface area contributed by atoms with Gasteiger partial charge in [0.2, 0.25) is 0 Å². The molecule has 1 aromatic rings. The second-order valence-electron chi connectivity index (χ2n) is 5.96. The largest absolute Gasteiger partial charge is 0.271 e. The third-order valence-electron chi connectivity index (χ3n) is 4.64. The second-order valence-corrected chi connectivity index (χ2v) is 6.87. The van der Waals surface area contributed by atoms with Crippen LogP contribution in [0.15, 0.2) is 16.6 Å². The molecule has 2 nitrogen and oxygen atoms in total. The van der Waals surface area contributed by atoms with E-state index in [0.29, 0.717) is 16.3 Å². The highest BCUT2D eigenvalue weighted by Crippen LogP contribution is 2.41. The molecule has 0 aliphatic heterocycles. The number of benzene rings is 1. The zero-order chi connectivity index (χ0) is 14.9. The second kappa shape index (κ2) is 6.50. The van der Waals surface area contributed by atoms with Crippen LogP contribution < -0.4 is 11.3 Å². The minimum atomic E-state index is -0.550. The first kappa shape index (κ1) is 15.9. The monoisotopic (exact) mass is 346 g/mol. The molecule has 0 spiro atoms. The van der Waals surface area contributed by atoms with Gasteiger partial charge in [0.05, 0.1) is 6.04 Å². The smallest absolute Gasteiger partial charge is 0.132 e. The van der Waals surface area contributed by atoms with Gasteiger partial charge in [-0.2, -0.15) is 0 Å². The van der Waals surface area contributed by atoms with Gasteiger partial charge in [0, 0.05) is 10.0 Å². The molecule has 0 bridgehead atoms. The molecule has 0 saturated heterocycles. The molecule has 0 amide bonds. The van der Waals surface area contributed by atoms with Gasteiger partial charge in [-0.05, 0) is 42.7 Å². The molecule has 1 aliphatic rings. The van der Waals surface area contributed by atoms with E-state index in [4.69, 9.17) is 5.84 Å². The molecular formula is C15H21BrF2N2. The summed E-state index contributed by atoms with van der Waals surface area (Å²) in [7, 11) is 0. The van der Waals surface area contributed by atoms with E-state index in [2.05, 4.69) is 35.2 Å². The molecule has 1 aliphatic carbocycles. The van der Waals surface area contributed by atoms with Crippen molar-refractivity contribution in [3.8, 4) is 0 Å². The van der Waals surface area contributed by atoms with Crippen LogP contribution in [0.3, 0.4) is 0 Å². The van der Waals surface area contributed by atoms with Gasteiger partial charge in [-0.15, -0.1) is 0 Å². The van der Waals surface area contributed by atoms with Crippen molar-refractivity contribution < 1.29 is 8.78 Å². The summed E-state index contributed by atoms with van der Waals surface area (Å²) in [6.07, 6.45) is 2.95. The van der Waals surface area contributed by atoms with E-state index in [1.807, 2.05) is 0 Å². The Morgan fingerprint density at radius 2 is 1.80 bits per heavy atom. The fourth-order valence-electron chi connectivity index (χ4n) is 3.20. The number of nitrogens with one attached hydrogen (secondary N) is 1. The summed E-state index contributed by atoms with van der Waals surface area (Å²) in [5.41, 5.74) is 2.69. The molecule has 0 heterocycles. The molecule has 1 saturated carbocycles. The molecule has 5 heteroatoms. The summed E-state index contributed by atoms with van der Waals surface area (Å²) in [5, 5.41) is 0. The van der Waals surface area contributed by atoms with Crippen molar-refractivity contribution in [2.45, 2.75) is 39.2 Å². The Morgan fingerprint density at radius 3 is 2.30 bits per heavy atom. The van der Waals surface area contributed by atoms with Crippen LogP contribution in [0.2, 0.25) is 0 Å². The van der Waals surface area contributed by atoms with Crippen LogP contribution in [-0.4, -0.2) is 0 Å². The maximum atomic E-state index is 14.1. The third-order valence-corrected chi connectivity index (χ3v) is 5.10. The van der Waals surface area contributed by atoms with Crippen molar-refractivity contribution in [1.29, 1.82) is 0 Å². The third kappa shape index (κ3) is 3.21. The predicted octanol–water partition coefficient (Wildman–Crippen LogP) is 4.30. The van der Waals surface area contributed by atoms with Gasteiger partial charge in [0.25, 0.3) is 0 Å². The number of hydrogen-bond donors (Lipinski definition) is 2. The standard InChI is InChI=1S/C15H21BrF2N2/c1-8-3-4-10(5-9(8)2)15(20-19)14-12(17)6-11(16)7-13(14)18/h6-10,15,20H,3-5,19H2,1-2H3. The Labute approximate surface area is 127 Å². The quantitative estimate of drug-likeness (QED) is 0.632. The van der Waals surface area contributed by atoms with Gasteiger partial charge >= 0.3 is 0 Å². The number of halogens is 3. The van der Waals surface area contributed by atoms with Crippen molar-refractivity contribution in [3.05, 3.63) is 33.8 Å². The molecule has 2 rings (SSSR count). The van der Waals surface area contributed by atoms with Gasteiger partial charge in [0.15, 0.2) is 0 Å². The van der Waals surface area contributed by atoms with Gasteiger partial charge in [-0.25, -0.2) is 8.78 Å². The van der Waals surface area contributed by atoms with Gasteiger partial charge in [-0.3, -0.25) is 11.3 Å². The molecule has 1 fully saturated rings. The predicted molar refractivity (Wildman–Crippen MR) is 79.8 cm³/mol. The zero-order valence-electron chi connectivity index (χ0n) is 11.8. The number of hydrazine groups is 1. The molecule has 0 radical (unpaired) electrons. The van der Waals surface area contributed by atoms with Crippen molar-refractivity contribution in [1.82, 2.24) is 5.43 Å². The molecular weight excluding hydrogens is 326 g/mol. The maximum absolute atomic E-state index is 14.1. The Kier molecular flexibility index (Phi) is 5.15. The maximum Gasteiger partial charge on any atom is 0.132 e. The Bertz CT molecular complexity index is 458. The minimum absolute atomic E-state index is 0.0578. The average Bonchev–Trinajstić information content (AvgIpc) is 2.37. The SMILES string of the molecule is CC1CCC(C(NN)c2c(F)cc(Br)cc2F)CC1C. The summed E-state index contributed by atoms with van der Waals surface area (Å²) < 4.78 is 28.6. The van der Waals surface area contributed by atoms with Crippen LogP contribution in [0.5, 0.6) is 0 Å². The van der Waals surface area contributed by atoms with E-state index in [9.17, 15) is 8.78 Å². The van der Waals surface area contributed by atoms with Crippen LogP contribution in [0.4, 0.5) is 8.78 Å². The highest BCUT2D eigenvalue weighted by molar-refractivity contribution is 9.10. The first-order valence-electron chi connectivity index (χ1n) is 7.04.